The molecule has 1 atom stereocenters. The lowest BCUT2D eigenvalue weighted by molar-refractivity contribution is -0.141. The van der Waals surface area contributed by atoms with Crippen molar-refractivity contribution in [3.8, 4) is 5.75 Å². The number of carbonyl (C=O) groups is 2. The number of furan rings is 1. The Morgan fingerprint density at radius 2 is 2.00 bits per heavy atom. The second-order valence-electron chi connectivity index (χ2n) is 6.59. The van der Waals surface area contributed by atoms with Crippen molar-refractivity contribution in [3.63, 3.8) is 0 Å². The van der Waals surface area contributed by atoms with Gasteiger partial charge in [0.2, 0.25) is 5.91 Å². The van der Waals surface area contributed by atoms with Crippen LogP contribution in [0.4, 0.5) is 0 Å². The van der Waals surface area contributed by atoms with Gasteiger partial charge in [-0.3, -0.25) is 9.59 Å². The first-order valence-corrected chi connectivity index (χ1v) is 9.42. The molecule has 0 spiro atoms. The minimum atomic E-state index is -0.630. The van der Waals surface area contributed by atoms with Crippen molar-refractivity contribution in [2.45, 2.75) is 32.4 Å². The Balaban J connectivity index is 1.45. The molecule has 1 aliphatic heterocycles. The minimum Gasteiger partial charge on any atom is -0.479 e. The summed E-state index contributed by atoms with van der Waals surface area (Å²) in [6.45, 7) is 3.17. The van der Waals surface area contributed by atoms with Gasteiger partial charge in [0.05, 0.1) is 17.8 Å². The minimum absolute atomic E-state index is 0.00105. The van der Waals surface area contributed by atoms with Crippen LogP contribution in [0, 0.1) is 5.92 Å². The van der Waals surface area contributed by atoms with E-state index in [1.807, 2.05) is 18.2 Å². The van der Waals surface area contributed by atoms with Gasteiger partial charge < -0.3 is 19.4 Å². The highest BCUT2D eigenvalue weighted by molar-refractivity contribution is 6.32. The first-order chi connectivity index (χ1) is 13.0. The molecular weight excluding hydrogens is 368 g/mol. The second kappa shape index (κ2) is 8.95. The maximum Gasteiger partial charge on any atom is 0.263 e. The third kappa shape index (κ3) is 5.04. The topological polar surface area (TPSA) is 71.8 Å². The molecule has 1 N–H and O–H groups in total. The van der Waals surface area contributed by atoms with Crippen LogP contribution in [0.25, 0.3) is 0 Å². The molecule has 1 saturated heterocycles. The maximum absolute atomic E-state index is 12.6. The highest BCUT2D eigenvalue weighted by atomic mass is 35.5. The number of benzene rings is 1. The molecule has 1 aromatic carbocycles. The quantitative estimate of drug-likeness (QED) is 0.821. The number of ether oxygens (including phenoxy) is 1. The van der Waals surface area contributed by atoms with Gasteiger partial charge in [-0.2, -0.15) is 0 Å². The largest absolute Gasteiger partial charge is 0.479 e. The van der Waals surface area contributed by atoms with E-state index in [4.69, 9.17) is 20.8 Å². The van der Waals surface area contributed by atoms with E-state index >= 15 is 0 Å². The van der Waals surface area contributed by atoms with Crippen molar-refractivity contribution in [3.05, 3.63) is 53.4 Å². The van der Waals surface area contributed by atoms with Gasteiger partial charge in [0.1, 0.15) is 11.5 Å². The predicted octanol–water partition coefficient (Wildman–Crippen LogP) is 3.26. The van der Waals surface area contributed by atoms with Crippen LogP contribution in [0.2, 0.25) is 5.02 Å². The number of nitrogens with zero attached hydrogens (tertiary/aromatic N) is 1. The molecule has 0 radical (unpaired) electrons. The van der Waals surface area contributed by atoms with Crippen molar-refractivity contribution in [2.24, 2.45) is 5.92 Å². The molecule has 0 aliphatic carbocycles. The Bertz CT molecular complexity index is 770. The van der Waals surface area contributed by atoms with Gasteiger partial charge in [0.25, 0.3) is 5.91 Å². The zero-order valence-corrected chi connectivity index (χ0v) is 15.9. The molecule has 1 fully saturated rings. The molecule has 1 aromatic heterocycles. The summed E-state index contributed by atoms with van der Waals surface area (Å²) >= 11 is 6.08. The van der Waals surface area contributed by atoms with Crippen molar-refractivity contribution in [1.29, 1.82) is 0 Å². The third-order valence-electron chi connectivity index (χ3n) is 4.68. The van der Waals surface area contributed by atoms with Gasteiger partial charge in [-0.05, 0) is 44.0 Å². The molecule has 0 saturated carbocycles. The van der Waals surface area contributed by atoms with Gasteiger partial charge in [0, 0.05) is 19.0 Å². The Morgan fingerprint density at radius 1 is 1.26 bits per heavy atom. The van der Waals surface area contributed by atoms with Gasteiger partial charge >= 0.3 is 0 Å². The normalized spacial score (nSPS) is 16.0. The highest BCUT2D eigenvalue weighted by Gasteiger charge is 2.30. The maximum atomic E-state index is 12.6. The molecule has 2 heterocycles. The molecule has 7 heteroatoms. The Labute approximate surface area is 163 Å². The van der Waals surface area contributed by atoms with Crippen LogP contribution in [0.5, 0.6) is 5.75 Å². The number of hydrogen-bond acceptors (Lipinski definition) is 4. The van der Waals surface area contributed by atoms with Crippen LogP contribution in [0.15, 0.2) is 47.1 Å². The van der Waals surface area contributed by atoms with Crippen molar-refractivity contribution >= 4 is 23.4 Å². The lowest BCUT2D eigenvalue weighted by Crippen LogP contribution is -2.47. The van der Waals surface area contributed by atoms with E-state index in [1.165, 1.54) is 0 Å². The van der Waals surface area contributed by atoms with E-state index in [1.54, 1.807) is 36.3 Å². The average molecular weight is 391 g/mol. The number of piperidine rings is 1. The summed E-state index contributed by atoms with van der Waals surface area (Å²) in [6.07, 6.45) is 2.22. The van der Waals surface area contributed by atoms with E-state index in [2.05, 4.69) is 5.32 Å². The fourth-order valence-electron chi connectivity index (χ4n) is 3.13. The number of nitrogens with one attached hydrogen (secondary N) is 1. The number of para-hydroxylation sites is 1. The Kier molecular flexibility index (Phi) is 6.40. The molecular formula is C20H23ClN2O4. The lowest BCUT2D eigenvalue weighted by Gasteiger charge is -2.33. The number of carbonyl (C=O) groups excluding carboxylic acids is 2. The second-order valence-corrected chi connectivity index (χ2v) is 6.99. The first-order valence-electron chi connectivity index (χ1n) is 9.04. The van der Waals surface area contributed by atoms with E-state index in [-0.39, 0.29) is 17.7 Å². The summed E-state index contributed by atoms with van der Waals surface area (Å²) in [4.78, 5) is 26.7. The first kappa shape index (κ1) is 19.3. The highest BCUT2D eigenvalue weighted by Crippen LogP contribution is 2.25. The zero-order valence-electron chi connectivity index (χ0n) is 15.2. The molecule has 6 nitrogen and oxygen atoms in total. The SMILES string of the molecule is CC(Oc1ccccc1Cl)C(=O)N1CCC(C(=O)NCc2ccco2)CC1. The zero-order chi connectivity index (χ0) is 19.2. The van der Waals surface area contributed by atoms with Gasteiger partial charge in [-0.15, -0.1) is 0 Å². The van der Waals surface area contributed by atoms with Crippen LogP contribution in [-0.2, 0) is 16.1 Å². The van der Waals surface area contributed by atoms with Crippen LogP contribution in [-0.4, -0.2) is 35.9 Å². The Morgan fingerprint density at radius 3 is 2.67 bits per heavy atom. The summed E-state index contributed by atoms with van der Waals surface area (Å²) < 4.78 is 10.9. The number of hydrogen-bond donors (Lipinski definition) is 1. The van der Waals surface area contributed by atoms with Crippen LogP contribution in [0.1, 0.15) is 25.5 Å². The molecule has 2 aromatic rings. The third-order valence-corrected chi connectivity index (χ3v) is 4.99. The van der Waals surface area contributed by atoms with Crippen molar-refractivity contribution < 1.29 is 18.7 Å². The van der Waals surface area contributed by atoms with Crippen molar-refractivity contribution in [1.82, 2.24) is 10.2 Å². The van der Waals surface area contributed by atoms with Crippen molar-refractivity contribution in [2.75, 3.05) is 13.1 Å². The standard InChI is InChI=1S/C20H23ClN2O4/c1-14(27-18-7-3-2-6-17(18)21)20(25)23-10-8-15(9-11-23)19(24)22-13-16-5-4-12-26-16/h2-7,12,14-15H,8-11,13H2,1H3,(H,22,24). The van der Waals surface area contributed by atoms with Gasteiger partial charge in [-0.25, -0.2) is 0 Å². The van der Waals surface area contributed by atoms with Crippen LogP contribution in [0.3, 0.4) is 0 Å². The average Bonchev–Trinajstić information content (AvgIpc) is 3.21. The smallest absolute Gasteiger partial charge is 0.263 e. The summed E-state index contributed by atoms with van der Waals surface area (Å²) in [6, 6.07) is 10.7. The Hall–Kier alpha value is -2.47. The van der Waals surface area contributed by atoms with E-state index in [0.717, 1.165) is 5.76 Å². The van der Waals surface area contributed by atoms with Gasteiger partial charge in [0.15, 0.2) is 6.10 Å². The monoisotopic (exact) mass is 390 g/mol. The predicted molar refractivity (Wildman–Crippen MR) is 101 cm³/mol. The molecule has 1 unspecified atom stereocenters. The molecule has 3 rings (SSSR count). The number of likely N-dealkylation sites (tertiary alicyclic amines) is 1. The van der Waals surface area contributed by atoms with E-state index < -0.39 is 6.10 Å². The summed E-state index contributed by atoms with van der Waals surface area (Å²) in [5.41, 5.74) is 0. The fraction of sp³-hybridized carbons (Fsp3) is 0.400. The molecule has 2 amide bonds. The number of rotatable bonds is 6. The van der Waals surface area contributed by atoms with E-state index in [9.17, 15) is 9.59 Å². The molecule has 0 bridgehead atoms. The number of halogens is 1. The van der Waals surface area contributed by atoms with Crippen LogP contribution >= 0.6 is 11.6 Å². The summed E-state index contributed by atoms with van der Waals surface area (Å²) in [5, 5.41) is 3.36. The van der Waals surface area contributed by atoms with Crippen LogP contribution < -0.4 is 10.1 Å². The molecule has 144 valence electrons. The van der Waals surface area contributed by atoms with E-state index in [0.29, 0.717) is 43.2 Å². The summed E-state index contributed by atoms with van der Waals surface area (Å²) in [5.74, 6) is 1.03. The summed E-state index contributed by atoms with van der Waals surface area (Å²) in [7, 11) is 0. The number of amides is 2. The lowest BCUT2D eigenvalue weighted by atomic mass is 9.95. The molecule has 1 aliphatic rings. The fourth-order valence-corrected chi connectivity index (χ4v) is 3.31. The van der Waals surface area contributed by atoms with Gasteiger partial charge in [-0.1, -0.05) is 23.7 Å². The molecule has 27 heavy (non-hydrogen) atoms.